The Bertz CT molecular complexity index is 422. The van der Waals surface area contributed by atoms with Gasteiger partial charge in [0.25, 0.3) is 0 Å². The van der Waals surface area contributed by atoms with E-state index in [0.717, 1.165) is 37.9 Å². The molecule has 0 saturated carbocycles. The van der Waals surface area contributed by atoms with E-state index in [2.05, 4.69) is 41.0 Å². The smallest absolute Gasteiger partial charge is 0.225 e. The summed E-state index contributed by atoms with van der Waals surface area (Å²) in [5, 5.41) is 3.40. The van der Waals surface area contributed by atoms with E-state index in [0.29, 0.717) is 12.1 Å². The first-order chi connectivity index (χ1) is 9.08. The molecule has 1 aliphatic rings. The van der Waals surface area contributed by atoms with Gasteiger partial charge in [0.15, 0.2) is 0 Å². The maximum absolute atomic E-state index is 5.45. The lowest BCUT2D eigenvalue weighted by Gasteiger charge is -2.33. The minimum absolute atomic E-state index is 0.341. The third kappa shape index (κ3) is 3.64. The summed E-state index contributed by atoms with van der Waals surface area (Å²) >= 11 is 0. The third-order valence-corrected chi connectivity index (χ3v) is 3.39. The van der Waals surface area contributed by atoms with Crippen LogP contribution in [0.2, 0.25) is 0 Å². The van der Waals surface area contributed by atoms with Gasteiger partial charge in [-0.15, -0.1) is 0 Å². The van der Waals surface area contributed by atoms with Crippen molar-refractivity contribution in [2.45, 2.75) is 46.3 Å². The van der Waals surface area contributed by atoms with E-state index < -0.39 is 0 Å². The zero-order chi connectivity index (χ0) is 13.8. The fourth-order valence-electron chi connectivity index (χ4n) is 2.13. The lowest BCUT2D eigenvalue weighted by atomic mass is 10.2. The van der Waals surface area contributed by atoms with Gasteiger partial charge in [-0.3, -0.25) is 0 Å². The minimum Gasteiger partial charge on any atom is -0.377 e. The van der Waals surface area contributed by atoms with Crippen LogP contribution < -0.4 is 10.2 Å². The fraction of sp³-hybridized carbons (Fsp3) is 0.714. The van der Waals surface area contributed by atoms with Crippen molar-refractivity contribution in [2.75, 3.05) is 24.7 Å². The molecule has 1 aliphatic heterocycles. The molecule has 5 nitrogen and oxygen atoms in total. The average molecular weight is 264 g/mol. The highest BCUT2D eigenvalue weighted by molar-refractivity contribution is 5.34. The summed E-state index contributed by atoms with van der Waals surface area (Å²) in [5.74, 6) is 0.821. The van der Waals surface area contributed by atoms with Crippen molar-refractivity contribution in [1.29, 1.82) is 0 Å². The van der Waals surface area contributed by atoms with Gasteiger partial charge < -0.3 is 15.0 Å². The van der Waals surface area contributed by atoms with E-state index in [-0.39, 0.29) is 0 Å². The molecule has 5 heteroatoms. The molecular weight excluding hydrogens is 240 g/mol. The summed E-state index contributed by atoms with van der Waals surface area (Å²) < 4.78 is 5.45. The number of ether oxygens (including phenoxy) is 1. The lowest BCUT2D eigenvalue weighted by Crippen LogP contribution is -2.44. The Kier molecular flexibility index (Phi) is 4.71. The molecule has 0 bridgehead atoms. The van der Waals surface area contributed by atoms with Crippen molar-refractivity contribution in [3.05, 3.63) is 17.5 Å². The van der Waals surface area contributed by atoms with Crippen molar-refractivity contribution in [3.63, 3.8) is 0 Å². The first kappa shape index (κ1) is 14.2. The molecular formula is C14H24N4O. The highest BCUT2D eigenvalue weighted by atomic mass is 16.5. The summed E-state index contributed by atoms with van der Waals surface area (Å²) in [5.41, 5.74) is 2.22. The van der Waals surface area contributed by atoms with E-state index in [1.807, 2.05) is 13.1 Å². The Labute approximate surface area is 115 Å². The van der Waals surface area contributed by atoms with Crippen molar-refractivity contribution < 1.29 is 4.74 Å². The lowest BCUT2D eigenvalue weighted by molar-refractivity contribution is 0.0980. The molecule has 2 heterocycles. The van der Waals surface area contributed by atoms with Crippen LogP contribution >= 0.6 is 0 Å². The molecule has 0 amide bonds. The van der Waals surface area contributed by atoms with E-state index in [1.165, 1.54) is 5.56 Å². The van der Waals surface area contributed by atoms with Crippen LogP contribution in [0.1, 0.15) is 32.0 Å². The van der Waals surface area contributed by atoms with Crippen molar-refractivity contribution in [2.24, 2.45) is 0 Å². The van der Waals surface area contributed by atoms with Crippen molar-refractivity contribution in [1.82, 2.24) is 15.3 Å². The van der Waals surface area contributed by atoms with Crippen LogP contribution in [0.25, 0.3) is 0 Å². The number of hydrogen-bond donors (Lipinski definition) is 1. The van der Waals surface area contributed by atoms with Gasteiger partial charge in [0.1, 0.15) is 0 Å². The summed E-state index contributed by atoms with van der Waals surface area (Å²) in [6.07, 6.45) is 1.94. The van der Waals surface area contributed by atoms with Crippen molar-refractivity contribution >= 4 is 5.95 Å². The largest absolute Gasteiger partial charge is 0.377 e. The maximum atomic E-state index is 5.45. The van der Waals surface area contributed by atoms with E-state index in [4.69, 9.17) is 4.74 Å². The standard InChI is InChI=1S/C14H24N4O/c1-10(2)15-7-13-8-16-14(17-12(13)4)18-5-6-19-9-11(18)3/h8,10-11,15H,5-7,9H2,1-4H3. The molecule has 0 aromatic carbocycles. The molecule has 1 unspecified atom stereocenters. The number of aromatic nitrogens is 2. The third-order valence-electron chi connectivity index (χ3n) is 3.39. The topological polar surface area (TPSA) is 50.3 Å². The second-order valence-corrected chi connectivity index (χ2v) is 5.43. The predicted molar refractivity (Wildman–Crippen MR) is 76.4 cm³/mol. The zero-order valence-electron chi connectivity index (χ0n) is 12.3. The van der Waals surface area contributed by atoms with E-state index in [1.54, 1.807) is 0 Å². The number of hydrogen-bond acceptors (Lipinski definition) is 5. The van der Waals surface area contributed by atoms with Crippen LogP contribution in [0.5, 0.6) is 0 Å². The van der Waals surface area contributed by atoms with Gasteiger partial charge in [-0.2, -0.15) is 0 Å². The number of nitrogens with one attached hydrogen (secondary N) is 1. The molecule has 1 aromatic rings. The summed E-state index contributed by atoms with van der Waals surface area (Å²) in [6.45, 7) is 11.7. The number of rotatable bonds is 4. The van der Waals surface area contributed by atoms with Gasteiger partial charge in [-0.25, -0.2) is 9.97 Å². The first-order valence-electron chi connectivity index (χ1n) is 6.98. The van der Waals surface area contributed by atoms with Crippen LogP contribution in [0.15, 0.2) is 6.20 Å². The van der Waals surface area contributed by atoms with Gasteiger partial charge in [-0.05, 0) is 13.8 Å². The molecule has 106 valence electrons. The Morgan fingerprint density at radius 3 is 2.95 bits per heavy atom. The zero-order valence-corrected chi connectivity index (χ0v) is 12.3. The fourth-order valence-corrected chi connectivity index (χ4v) is 2.13. The molecule has 19 heavy (non-hydrogen) atoms. The van der Waals surface area contributed by atoms with Gasteiger partial charge in [0, 0.05) is 36.6 Å². The van der Waals surface area contributed by atoms with Crippen LogP contribution in [-0.4, -0.2) is 41.8 Å². The normalized spacial score (nSPS) is 20.1. The van der Waals surface area contributed by atoms with Crippen LogP contribution in [0.4, 0.5) is 5.95 Å². The average Bonchev–Trinajstić information content (AvgIpc) is 2.37. The minimum atomic E-state index is 0.341. The number of anilines is 1. The highest BCUT2D eigenvalue weighted by Gasteiger charge is 2.21. The number of nitrogens with zero attached hydrogens (tertiary/aromatic N) is 3. The number of morpholine rings is 1. The summed E-state index contributed by atoms with van der Waals surface area (Å²) in [7, 11) is 0. The summed E-state index contributed by atoms with van der Waals surface area (Å²) in [4.78, 5) is 11.4. The van der Waals surface area contributed by atoms with E-state index in [9.17, 15) is 0 Å². The maximum Gasteiger partial charge on any atom is 0.225 e. The first-order valence-corrected chi connectivity index (χ1v) is 6.98. The molecule has 0 spiro atoms. The molecule has 1 aromatic heterocycles. The van der Waals surface area contributed by atoms with Gasteiger partial charge in [0.2, 0.25) is 5.95 Å². The Morgan fingerprint density at radius 2 is 2.32 bits per heavy atom. The molecule has 0 radical (unpaired) electrons. The molecule has 1 saturated heterocycles. The summed E-state index contributed by atoms with van der Waals surface area (Å²) in [6, 6.07) is 0.811. The monoisotopic (exact) mass is 264 g/mol. The second-order valence-electron chi connectivity index (χ2n) is 5.43. The molecule has 2 rings (SSSR count). The Morgan fingerprint density at radius 1 is 1.53 bits per heavy atom. The molecule has 1 atom stereocenters. The van der Waals surface area contributed by atoms with Gasteiger partial charge >= 0.3 is 0 Å². The molecule has 0 aliphatic carbocycles. The Hall–Kier alpha value is -1.20. The van der Waals surface area contributed by atoms with Crippen LogP contribution in [0, 0.1) is 6.92 Å². The van der Waals surface area contributed by atoms with Gasteiger partial charge in [-0.1, -0.05) is 13.8 Å². The van der Waals surface area contributed by atoms with Crippen LogP contribution in [-0.2, 0) is 11.3 Å². The predicted octanol–water partition coefficient (Wildman–Crippen LogP) is 1.51. The van der Waals surface area contributed by atoms with Gasteiger partial charge in [0.05, 0.1) is 19.3 Å². The highest BCUT2D eigenvalue weighted by Crippen LogP contribution is 2.16. The number of aryl methyl sites for hydroxylation is 1. The quantitative estimate of drug-likeness (QED) is 0.893. The SMILES string of the molecule is Cc1nc(N2CCOCC2C)ncc1CNC(C)C. The van der Waals surface area contributed by atoms with Crippen LogP contribution in [0.3, 0.4) is 0 Å². The van der Waals surface area contributed by atoms with Crippen molar-refractivity contribution in [3.8, 4) is 0 Å². The molecule has 1 fully saturated rings. The van der Waals surface area contributed by atoms with E-state index >= 15 is 0 Å². The Balaban J connectivity index is 2.09. The second kappa shape index (κ2) is 6.30. The molecule has 1 N–H and O–H groups in total.